The summed E-state index contributed by atoms with van der Waals surface area (Å²) in [7, 11) is 0. The molecule has 0 amide bonds. The Morgan fingerprint density at radius 2 is 0.692 bits per heavy atom. The van der Waals surface area contributed by atoms with Crippen molar-refractivity contribution in [3.8, 4) is 0 Å². The van der Waals surface area contributed by atoms with Gasteiger partial charge in [-0.05, 0) is 0 Å². The topological polar surface area (TPSA) is 259 Å². The normalized spacial score (nSPS) is 11.5. The Labute approximate surface area is 141 Å². The molecule has 0 aromatic rings. The van der Waals surface area contributed by atoms with Crippen molar-refractivity contribution in [1.29, 1.82) is 0 Å². The molecule has 0 bridgehead atoms. The molecule has 0 N–H and O–H groups in total. The van der Waals surface area contributed by atoms with Gasteiger partial charge in [-0.1, -0.05) is 0 Å². The second kappa shape index (κ2) is 8.48. The van der Waals surface area contributed by atoms with E-state index in [1.54, 1.807) is 0 Å². The third-order valence-electron chi connectivity index (χ3n) is 3.67. The molecule has 26 heavy (non-hydrogen) atoms. The maximum absolute atomic E-state index is 11.1. The van der Waals surface area contributed by atoms with E-state index in [0.717, 1.165) is 0 Å². The molecule has 0 atom stereocenters. The van der Waals surface area contributed by atoms with Crippen molar-refractivity contribution in [1.82, 2.24) is 0 Å². The highest BCUT2D eigenvalue weighted by Crippen LogP contribution is 2.30. The monoisotopic (exact) mass is 384 g/mol. The van der Waals surface area contributed by atoms with Gasteiger partial charge in [-0.2, -0.15) is 0 Å². The SMILES string of the molecule is O=[N+]([O-])CCC(CCC(CC[N+](=O)[O-])([N+](=O)[O-])[N+](=O)[O-])([N+](=O)[O-])[N+](=O)[O-]. The van der Waals surface area contributed by atoms with Crippen LogP contribution in [0.2, 0.25) is 0 Å². The first-order valence-electron chi connectivity index (χ1n) is 6.63. The lowest BCUT2D eigenvalue weighted by atomic mass is 9.92. The molecule has 0 spiro atoms. The number of hydrogen-bond donors (Lipinski definition) is 0. The Morgan fingerprint density at radius 3 is 0.846 bits per heavy atom. The predicted molar refractivity (Wildman–Crippen MR) is 75.6 cm³/mol. The molecule has 0 rings (SSSR count). The molecule has 0 fully saturated rings. The number of nitro groups is 6. The molecule has 18 heteroatoms. The van der Waals surface area contributed by atoms with Gasteiger partial charge in [-0.15, -0.1) is 0 Å². The molecule has 0 aromatic carbocycles. The molecule has 18 nitrogen and oxygen atoms in total. The Hall–Kier alpha value is -3.60. The van der Waals surface area contributed by atoms with Gasteiger partial charge in [0.05, 0.1) is 19.7 Å². The first kappa shape index (κ1) is 22.4. The van der Waals surface area contributed by atoms with Crippen molar-refractivity contribution >= 4 is 0 Å². The van der Waals surface area contributed by atoms with Gasteiger partial charge in [-0.3, -0.25) is 60.7 Å². The fourth-order valence-corrected chi connectivity index (χ4v) is 2.05. The fraction of sp³-hybridized carbons (Fsp3) is 1.00. The van der Waals surface area contributed by atoms with Gasteiger partial charge in [0.25, 0.3) is 0 Å². The molecule has 0 unspecified atom stereocenters. The third-order valence-corrected chi connectivity index (χ3v) is 3.67. The quantitative estimate of drug-likeness (QED) is 0.223. The average molecular weight is 384 g/mol. The summed E-state index contributed by atoms with van der Waals surface area (Å²) in [5, 5.41) is 65.1. The molecule has 0 saturated carbocycles. The molecule has 146 valence electrons. The van der Waals surface area contributed by atoms with E-state index in [-0.39, 0.29) is 0 Å². The molecule has 0 aliphatic rings. The van der Waals surface area contributed by atoms with Gasteiger partial charge in [0.15, 0.2) is 12.8 Å². The number of nitrogens with zero attached hydrogens (tertiary/aromatic N) is 6. The van der Waals surface area contributed by atoms with Crippen molar-refractivity contribution in [3.63, 3.8) is 0 Å². The predicted octanol–water partition coefficient (Wildman–Crippen LogP) is -0.400. The van der Waals surface area contributed by atoms with Crippen LogP contribution < -0.4 is 0 Å². The van der Waals surface area contributed by atoms with E-state index in [9.17, 15) is 60.7 Å². The molecular weight excluding hydrogens is 372 g/mol. The average Bonchev–Trinajstić information content (AvgIpc) is 2.48. The van der Waals surface area contributed by atoms with Gasteiger partial charge in [0.2, 0.25) is 13.1 Å². The van der Waals surface area contributed by atoms with Crippen LogP contribution >= 0.6 is 0 Å². The lowest BCUT2D eigenvalue weighted by Gasteiger charge is -2.19. The second-order valence-electron chi connectivity index (χ2n) is 5.11. The first-order chi connectivity index (χ1) is 11.8. The van der Waals surface area contributed by atoms with E-state index in [0.29, 0.717) is 0 Å². The number of rotatable bonds is 13. The van der Waals surface area contributed by atoms with E-state index < -0.39 is 79.6 Å². The van der Waals surface area contributed by atoms with E-state index in [4.69, 9.17) is 0 Å². The van der Waals surface area contributed by atoms with Crippen LogP contribution in [0.1, 0.15) is 25.7 Å². The Balaban J connectivity index is 5.83. The van der Waals surface area contributed by atoms with Gasteiger partial charge >= 0.3 is 11.3 Å². The summed E-state index contributed by atoms with van der Waals surface area (Å²) in [6.07, 6.45) is -5.36. The molecule has 0 aliphatic heterocycles. The van der Waals surface area contributed by atoms with Crippen LogP contribution in [0, 0.1) is 60.7 Å². The van der Waals surface area contributed by atoms with Crippen molar-refractivity contribution in [3.05, 3.63) is 60.7 Å². The molecule has 0 heterocycles. The molecular formula is C8H12N6O12. The number of hydrogen-bond acceptors (Lipinski definition) is 12. The summed E-state index contributed by atoms with van der Waals surface area (Å²) in [4.78, 5) is 56.8. The Kier molecular flexibility index (Phi) is 7.31. The summed E-state index contributed by atoms with van der Waals surface area (Å²) >= 11 is 0. The highest BCUT2D eigenvalue weighted by Gasteiger charge is 2.64. The minimum Gasteiger partial charge on any atom is -0.265 e. The van der Waals surface area contributed by atoms with Crippen LogP contribution in [0.15, 0.2) is 0 Å². The zero-order valence-corrected chi connectivity index (χ0v) is 12.8. The van der Waals surface area contributed by atoms with Crippen molar-refractivity contribution in [2.45, 2.75) is 37.0 Å². The van der Waals surface area contributed by atoms with Crippen LogP contribution in [0.3, 0.4) is 0 Å². The molecule has 0 saturated heterocycles. The zero-order chi connectivity index (χ0) is 20.7. The zero-order valence-electron chi connectivity index (χ0n) is 12.8. The van der Waals surface area contributed by atoms with Crippen LogP contribution in [0.5, 0.6) is 0 Å². The second-order valence-corrected chi connectivity index (χ2v) is 5.11. The van der Waals surface area contributed by atoms with Gasteiger partial charge in [0.1, 0.15) is 12.8 Å². The summed E-state index contributed by atoms with van der Waals surface area (Å²) in [5.41, 5.74) is -6.56. The Bertz CT molecular complexity index is 551. The Morgan fingerprint density at radius 1 is 0.462 bits per heavy atom. The highest BCUT2D eigenvalue weighted by atomic mass is 16.7. The minimum absolute atomic E-state index is 1.09. The van der Waals surface area contributed by atoms with E-state index >= 15 is 0 Å². The van der Waals surface area contributed by atoms with Crippen molar-refractivity contribution < 1.29 is 29.5 Å². The molecule has 0 aliphatic carbocycles. The highest BCUT2D eigenvalue weighted by molar-refractivity contribution is 4.75. The fourth-order valence-electron chi connectivity index (χ4n) is 2.05. The summed E-state index contributed by atoms with van der Waals surface area (Å²) in [5.74, 6) is 0. The van der Waals surface area contributed by atoms with Gasteiger partial charge < -0.3 is 0 Å². The van der Waals surface area contributed by atoms with E-state index in [1.165, 1.54) is 0 Å². The van der Waals surface area contributed by atoms with Gasteiger partial charge in [-0.25, -0.2) is 0 Å². The smallest absolute Gasteiger partial charge is 0.265 e. The first-order valence-corrected chi connectivity index (χ1v) is 6.63. The van der Waals surface area contributed by atoms with Crippen LogP contribution in [-0.2, 0) is 0 Å². The lowest BCUT2D eigenvalue weighted by Crippen LogP contribution is -2.53. The lowest BCUT2D eigenvalue weighted by molar-refractivity contribution is -0.819. The van der Waals surface area contributed by atoms with Gasteiger partial charge in [0, 0.05) is 9.85 Å². The summed E-state index contributed by atoms with van der Waals surface area (Å²) in [6, 6.07) is 0. The third kappa shape index (κ3) is 4.95. The molecule has 0 aromatic heterocycles. The van der Waals surface area contributed by atoms with Crippen molar-refractivity contribution in [2.75, 3.05) is 13.1 Å². The molecule has 0 radical (unpaired) electrons. The summed E-state index contributed by atoms with van der Waals surface area (Å²) in [6.45, 7) is -2.47. The van der Waals surface area contributed by atoms with Crippen LogP contribution in [0.4, 0.5) is 0 Å². The summed E-state index contributed by atoms with van der Waals surface area (Å²) < 4.78 is 0. The van der Waals surface area contributed by atoms with Crippen LogP contribution in [0.25, 0.3) is 0 Å². The minimum atomic E-state index is -3.28. The van der Waals surface area contributed by atoms with Crippen molar-refractivity contribution in [2.24, 2.45) is 0 Å². The van der Waals surface area contributed by atoms with Crippen LogP contribution in [-0.4, -0.2) is 54.0 Å². The van der Waals surface area contributed by atoms with E-state index in [1.807, 2.05) is 0 Å². The standard InChI is InChI=1S/C8H12N6O12/c15-9(16)5-3-7(11(19)20,12(21)22)1-2-8(13(23)24,14(25)26)4-6-10(17)18/h1-6H2. The van der Waals surface area contributed by atoms with E-state index in [2.05, 4.69) is 0 Å². The largest absolute Gasteiger partial charge is 0.465 e. The maximum atomic E-state index is 11.1. The maximum Gasteiger partial charge on any atom is 0.465 e.